The summed E-state index contributed by atoms with van der Waals surface area (Å²) in [5, 5.41) is 4.24. The van der Waals surface area contributed by atoms with E-state index in [0.29, 0.717) is 18.0 Å². The Hall–Kier alpha value is -1.35. The van der Waals surface area contributed by atoms with Crippen LogP contribution in [0.15, 0.2) is 22.6 Å². The van der Waals surface area contributed by atoms with Crippen molar-refractivity contribution in [2.75, 3.05) is 6.54 Å². The van der Waals surface area contributed by atoms with Crippen LogP contribution in [0.5, 0.6) is 0 Å². The molecule has 0 spiro atoms. The largest absolute Gasteiger partial charge is 0.456 e. The van der Waals surface area contributed by atoms with Gasteiger partial charge in [0, 0.05) is 10.9 Å². The molecule has 1 heterocycles. The van der Waals surface area contributed by atoms with Gasteiger partial charge in [0.25, 0.3) is 0 Å². The summed E-state index contributed by atoms with van der Waals surface area (Å²) >= 11 is 0. The number of para-hydroxylation sites is 1. The Morgan fingerprint density at radius 2 is 2.11 bits per heavy atom. The zero-order chi connectivity index (χ0) is 13.1. The second kappa shape index (κ2) is 5.53. The maximum absolute atomic E-state index is 13.7. The fourth-order valence-corrected chi connectivity index (χ4v) is 2.19. The number of halogens is 1. The van der Waals surface area contributed by atoms with E-state index in [4.69, 9.17) is 4.42 Å². The average Bonchev–Trinajstić information content (AvgIpc) is 2.68. The van der Waals surface area contributed by atoms with Crippen molar-refractivity contribution in [2.24, 2.45) is 5.92 Å². The Labute approximate surface area is 107 Å². The van der Waals surface area contributed by atoms with E-state index in [1.807, 2.05) is 6.07 Å². The summed E-state index contributed by atoms with van der Waals surface area (Å²) in [4.78, 5) is 0. The molecule has 2 rings (SSSR count). The molecule has 3 heteroatoms. The lowest BCUT2D eigenvalue weighted by molar-refractivity contribution is 0.471. The highest BCUT2D eigenvalue weighted by Crippen LogP contribution is 2.28. The zero-order valence-corrected chi connectivity index (χ0v) is 11.2. The summed E-state index contributed by atoms with van der Waals surface area (Å²) in [6.45, 7) is 7.98. The number of benzene rings is 1. The van der Waals surface area contributed by atoms with Crippen molar-refractivity contribution in [3.63, 3.8) is 0 Å². The van der Waals surface area contributed by atoms with Gasteiger partial charge in [0.15, 0.2) is 11.4 Å². The van der Waals surface area contributed by atoms with Crippen molar-refractivity contribution < 1.29 is 8.81 Å². The number of fused-ring (bicyclic) bond motifs is 1. The van der Waals surface area contributed by atoms with E-state index >= 15 is 0 Å². The predicted octanol–water partition coefficient (Wildman–Crippen LogP) is 3.88. The zero-order valence-electron chi connectivity index (χ0n) is 11.2. The molecule has 98 valence electrons. The van der Waals surface area contributed by atoms with E-state index in [9.17, 15) is 4.39 Å². The number of nitrogens with one attached hydrogen (secondary N) is 1. The minimum Gasteiger partial charge on any atom is -0.456 e. The first-order valence-electron chi connectivity index (χ1n) is 6.53. The third kappa shape index (κ3) is 2.56. The van der Waals surface area contributed by atoms with Crippen LogP contribution in [0.2, 0.25) is 0 Å². The van der Waals surface area contributed by atoms with Crippen LogP contribution in [-0.2, 0) is 13.0 Å². The lowest BCUT2D eigenvalue weighted by Crippen LogP contribution is -2.19. The molecule has 0 aliphatic rings. The second-order valence-electron chi connectivity index (χ2n) is 5.00. The summed E-state index contributed by atoms with van der Waals surface area (Å²) in [6.07, 6.45) is 0.856. The molecular weight excluding hydrogens is 229 g/mol. The molecule has 0 fully saturated rings. The molecule has 1 N–H and O–H groups in total. The van der Waals surface area contributed by atoms with Gasteiger partial charge < -0.3 is 9.73 Å². The van der Waals surface area contributed by atoms with Crippen molar-refractivity contribution >= 4 is 11.0 Å². The van der Waals surface area contributed by atoms with Crippen LogP contribution < -0.4 is 5.32 Å². The van der Waals surface area contributed by atoms with Crippen molar-refractivity contribution in [1.29, 1.82) is 0 Å². The third-order valence-corrected chi connectivity index (χ3v) is 3.05. The summed E-state index contributed by atoms with van der Waals surface area (Å²) < 4.78 is 19.3. The van der Waals surface area contributed by atoms with Gasteiger partial charge in [-0.2, -0.15) is 0 Å². The molecule has 0 amide bonds. The molecule has 0 radical (unpaired) electrons. The smallest absolute Gasteiger partial charge is 0.170 e. The quantitative estimate of drug-likeness (QED) is 0.870. The first kappa shape index (κ1) is 13.1. The molecule has 2 nitrogen and oxygen atoms in total. The summed E-state index contributed by atoms with van der Waals surface area (Å²) in [5.74, 6) is 1.17. The average molecular weight is 249 g/mol. The first-order valence-corrected chi connectivity index (χ1v) is 6.53. The van der Waals surface area contributed by atoms with Crippen LogP contribution in [0, 0.1) is 11.7 Å². The molecule has 0 atom stereocenters. The monoisotopic (exact) mass is 249 g/mol. The van der Waals surface area contributed by atoms with Gasteiger partial charge in [0.2, 0.25) is 0 Å². The fraction of sp³-hybridized carbons (Fsp3) is 0.467. The van der Waals surface area contributed by atoms with Gasteiger partial charge in [-0.3, -0.25) is 0 Å². The van der Waals surface area contributed by atoms with Crippen molar-refractivity contribution in [1.82, 2.24) is 5.32 Å². The number of aryl methyl sites for hydroxylation is 1. The Balaban J connectivity index is 2.29. The summed E-state index contributed by atoms with van der Waals surface area (Å²) in [6, 6.07) is 5.10. The highest BCUT2D eigenvalue weighted by molar-refractivity contribution is 5.82. The normalized spacial score (nSPS) is 11.6. The molecule has 1 aromatic heterocycles. The molecule has 2 aromatic rings. The number of hydrogen-bond acceptors (Lipinski definition) is 2. The topological polar surface area (TPSA) is 25.2 Å². The number of hydrogen-bond donors (Lipinski definition) is 1. The molecular formula is C15H20FNO. The van der Waals surface area contributed by atoms with Crippen LogP contribution in [-0.4, -0.2) is 6.54 Å². The van der Waals surface area contributed by atoms with E-state index in [1.165, 1.54) is 6.07 Å². The van der Waals surface area contributed by atoms with Gasteiger partial charge in [0.1, 0.15) is 5.76 Å². The highest BCUT2D eigenvalue weighted by Gasteiger charge is 2.14. The maximum Gasteiger partial charge on any atom is 0.170 e. The molecule has 0 unspecified atom stereocenters. The standard InChI is InChI=1S/C15H20FNO/c1-4-11-12-6-5-7-13(16)15(12)18-14(11)9-17-8-10(2)3/h5-7,10,17H,4,8-9H2,1-3H3. The molecule has 0 saturated carbocycles. The molecule has 0 bridgehead atoms. The molecule has 1 aromatic carbocycles. The predicted molar refractivity (Wildman–Crippen MR) is 72.1 cm³/mol. The van der Waals surface area contributed by atoms with E-state index in [-0.39, 0.29) is 5.82 Å². The lowest BCUT2D eigenvalue weighted by Gasteiger charge is -2.06. The lowest BCUT2D eigenvalue weighted by atomic mass is 10.1. The second-order valence-corrected chi connectivity index (χ2v) is 5.00. The van der Waals surface area contributed by atoms with Gasteiger partial charge in [-0.05, 0) is 24.9 Å². The van der Waals surface area contributed by atoms with Gasteiger partial charge >= 0.3 is 0 Å². The van der Waals surface area contributed by atoms with Crippen LogP contribution >= 0.6 is 0 Å². The van der Waals surface area contributed by atoms with E-state index < -0.39 is 0 Å². The first-order chi connectivity index (χ1) is 8.63. The molecule has 18 heavy (non-hydrogen) atoms. The van der Waals surface area contributed by atoms with Crippen LogP contribution in [0.4, 0.5) is 4.39 Å². The van der Waals surface area contributed by atoms with E-state index in [2.05, 4.69) is 26.1 Å². The molecule has 0 saturated heterocycles. The number of furan rings is 1. The maximum atomic E-state index is 13.7. The SMILES string of the molecule is CCc1c(CNCC(C)C)oc2c(F)cccc12. The van der Waals surface area contributed by atoms with Crippen LogP contribution in [0.3, 0.4) is 0 Å². The van der Waals surface area contributed by atoms with Gasteiger partial charge in [-0.25, -0.2) is 4.39 Å². The minimum absolute atomic E-state index is 0.280. The van der Waals surface area contributed by atoms with Gasteiger partial charge in [0.05, 0.1) is 6.54 Å². The van der Waals surface area contributed by atoms with E-state index in [1.54, 1.807) is 6.07 Å². The van der Waals surface area contributed by atoms with Gasteiger partial charge in [-0.1, -0.05) is 32.9 Å². The third-order valence-electron chi connectivity index (χ3n) is 3.05. The van der Waals surface area contributed by atoms with Crippen molar-refractivity contribution in [3.8, 4) is 0 Å². The molecule has 0 aliphatic carbocycles. The Kier molecular flexibility index (Phi) is 4.02. The van der Waals surface area contributed by atoms with Crippen molar-refractivity contribution in [2.45, 2.75) is 33.7 Å². The van der Waals surface area contributed by atoms with Crippen LogP contribution in [0.25, 0.3) is 11.0 Å². The summed E-state index contributed by atoms with van der Waals surface area (Å²) in [5.41, 5.74) is 1.50. The fourth-order valence-electron chi connectivity index (χ4n) is 2.19. The highest BCUT2D eigenvalue weighted by atomic mass is 19.1. The van der Waals surface area contributed by atoms with Gasteiger partial charge in [-0.15, -0.1) is 0 Å². The minimum atomic E-state index is -0.280. The number of rotatable bonds is 5. The summed E-state index contributed by atoms with van der Waals surface area (Å²) in [7, 11) is 0. The Morgan fingerprint density at radius 1 is 1.33 bits per heavy atom. The van der Waals surface area contributed by atoms with Crippen LogP contribution in [0.1, 0.15) is 32.1 Å². The van der Waals surface area contributed by atoms with Crippen molar-refractivity contribution in [3.05, 3.63) is 35.3 Å². The van der Waals surface area contributed by atoms with E-state index in [0.717, 1.165) is 29.7 Å². The Morgan fingerprint density at radius 3 is 2.78 bits per heavy atom. The molecule has 0 aliphatic heterocycles. The Bertz CT molecular complexity index is 531.